The first-order valence-corrected chi connectivity index (χ1v) is 5.38. The fraction of sp³-hybridized carbons (Fsp3) is 0.333. The van der Waals surface area contributed by atoms with Gasteiger partial charge in [0.1, 0.15) is 0 Å². The molecule has 90 valence electrons. The van der Waals surface area contributed by atoms with Gasteiger partial charge < -0.3 is 5.11 Å². The van der Waals surface area contributed by atoms with Gasteiger partial charge in [0.2, 0.25) is 0 Å². The van der Waals surface area contributed by atoms with Crippen LogP contribution in [0, 0.1) is 6.92 Å². The summed E-state index contributed by atoms with van der Waals surface area (Å²) in [5.74, 6) is 0. The smallest absolute Gasteiger partial charge is 0.331 e. The van der Waals surface area contributed by atoms with Crippen LogP contribution in [0.5, 0.6) is 0 Å². The first-order chi connectivity index (χ1) is 8.07. The molecule has 0 aliphatic carbocycles. The fourth-order valence-electron chi connectivity index (χ4n) is 2.01. The van der Waals surface area contributed by atoms with E-state index in [1.165, 1.54) is 4.57 Å². The maximum absolute atomic E-state index is 12.2. The third-order valence-electron chi connectivity index (χ3n) is 2.91. The average molecular weight is 234 g/mol. The van der Waals surface area contributed by atoms with E-state index in [0.717, 1.165) is 10.1 Å². The lowest BCUT2D eigenvalue weighted by Gasteiger charge is -2.10. The normalized spacial score (nSPS) is 11.0. The van der Waals surface area contributed by atoms with Gasteiger partial charge >= 0.3 is 5.69 Å². The molecule has 5 nitrogen and oxygen atoms in total. The van der Waals surface area contributed by atoms with Crippen molar-refractivity contribution < 1.29 is 5.11 Å². The highest BCUT2D eigenvalue weighted by molar-refractivity contribution is 5.81. The zero-order valence-electron chi connectivity index (χ0n) is 9.80. The number of aromatic nitrogens is 2. The SMILES string of the molecule is Cc1cccc2c1c(=O)n(CCO)c(=O)n2C. The monoisotopic (exact) mass is 234 g/mol. The predicted octanol–water partition coefficient (Wildman–Crippen LogP) is 0.000920. The lowest BCUT2D eigenvalue weighted by molar-refractivity contribution is 0.271. The molecule has 2 aromatic rings. The van der Waals surface area contributed by atoms with Crippen molar-refractivity contribution >= 4 is 10.9 Å². The van der Waals surface area contributed by atoms with Crippen LogP contribution in [0.25, 0.3) is 10.9 Å². The molecular weight excluding hydrogens is 220 g/mol. The molecule has 2 rings (SSSR count). The minimum absolute atomic E-state index is 0.0236. The van der Waals surface area contributed by atoms with Gasteiger partial charge in [-0.3, -0.25) is 13.9 Å². The molecule has 0 saturated carbocycles. The Morgan fingerprint density at radius 3 is 2.65 bits per heavy atom. The van der Waals surface area contributed by atoms with Crippen molar-refractivity contribution in [2.45, 2.75) is 13.5 Å². The molecule has 1 heterocycles. The van der Waals surface area contributed by atoms with Crippen molar-refractivity contribution in [1.82, 2.24) is 9.13 Å². The number of nitrogens with zero attached hydrogens (tertiary/aromatic N) is 2. The summed E-state index contributed by atoms with van der Waals surface area (Å²) in [6.07, 6.45) is 0. The molecule has 0 spiro atoms. The van der Waals surface area contributed by atoms with Gasteiger partial charge in [0.25, 0.3) is 5.56 Å². The highest BCUT2D eigenvalue weighted by Gasteiger charge is 2.11. The molecular formula is C12H14N2O3. The van der Waals surface area contributed by atoms with Crippen LogP contribution in [0.3, 0.4) is 0 Å². The zero-order chi connectivity index (χ0) is 12.6. The second-order valence-corrected chi connectivity index (χ2v) is 3.99. The molecule has 0 unspecified atom stereocenters. The summed E-state index contributed by atoms with van der Waals surface area (Å²) in [5, 5.41) is 9.42. The summed E-state index contributed by atoms with van der Waals surface area (Å²) < 4.78 is 2.49. The Morgan fingerprint density at radius 2 is 2.00 bits per heavy atom. The molecule has 1 aromatic heterocycles. The van der Waals surface area contributed by atoms with E-state index in [4.69, 9.17) is 5.11 Å². The van der Waals surface area contributed by atoms with Crippen LogP contribution in [0.1, 0.15) is 5.56 Å². The second kappa shape index (κ2) is 4.18. The fourth-order valence-corrected chi connectivity index (χ4v) is 2.01. The number of fused-ring (bicyclic) bond motifs is 1. The number of aliphatic hydroxyl groups is 1. The van der Waals surface area contributed by atoms with Gasteiger partial charge in [-0.05, 0) is 18.6 Å². The number of hydrogen-bond acceptors (Lipinski definition) is 3. The van der Waals surface area contributed by atoms with Crippen LogP contribution in [0.15, 0.2) is 27.8 Å². The topological polar surface area (TPSA) is 64.2 Å². The van der Waals surface area contributed by atoms with E-state index in [1.54, 1.807) is 13.1 Å². The molecule has 1 N–H and O–H groups in total. The highest BCUT2D eigenvalue weighted by atomic mass is 16.3. The molecule has 1 aromatic carbocycles. The molecule has 5 heteroatoms. The molecule has 0 bridgehead atoms. The second-order valence-electron chi connectivity index (χ2n) is 3.99. The van der Waals surface area contributed by atoms with Crippen LogP contribution in [-0.4, -0.2) is 20.8 Å². The van der Waals surface area contributed by atoms with Gasteiger partial charge in [-0.15, -0.1) is 0 Å². The number of benzene rings is 1. The van der Waals surface area contributed by atoms with Crippen molar-refractivity contribution in [3.05, 3.63) is 44.6 Å². The minimum atomic E-state index is -0.401. The molecule has 0 atom stereocenters. The van der Waals surface area contributed by atoms with E-state index in [9.17, 15) is 9.59 Å². The summed E-state index contributed by atoms with van der Waals surface area (Å²) in [6, 6.07) is 5.39. The first-order valence-electron chi connectivity index (χ1n) is 5.38. The van der Waals surface area contributed by atoms with Gasteiger partial charge in [0, 0.05) is 7.05 Å². The van der Waals surface area contributed by atoms with Crippen LogP contribution in [0.4, 0.5) is 0 Å². The zero-order valence-corrected chi connectivity index (χ0v) is 9.80. The van der Waals surface area contributed by atoms with Crippen molar-refractivity contribution in [3.8, 4) is 0 Å². The largest absolute Gasteiger partial charge is 0.395 e. The van der Waals surface area contributed by atoms with Crippen LogP contribution >= 0.6 is 0 Å². The summed E-state index contributed by atoms with van der Waals surface area (Å²) in [7, 11) is 1.62. The summed E-state index contributed by atoms with van der Waals surface area (Å²) in [6.45, 7) is 1.62. The standard InChI is InChI=1S/C12H14N2O3/c1-8-4-3-5-9-10(8)11(16)14(6-7-15)12(17)13(9)2/h3-5,15H,6-7H2,1-2H3. The highest BCUT2D eigenvalue weighted by Crippen LogP contribution is 2.11. The third-order valence-corrected chi connectivity index (χ3v) is 2.91. The number of hydrogen-bond donors (Lipinski definition) is 1. The Bertz CT molecular complexity index is 682. The Morgan fingerprint density at radius 1 is 1.29 bits per heavy atom. The number of rotatable bonds is 2. The maximum Gasteiger partial charge on any atom is 0.331 e. The van der Waals surface area contributed by atoms with E-state index in [2.05, 4.69) is 0 Å². The number of aryl methyl sites for hydroxylation is 2. The van der Waals surface area contributed by atoms with Crippen LogP contribution in [-0.2, 0) is 13.6 Å². The average Bonchev–Trinajstić information content (AvgIpc) is 2.31. The summed E-state index contributed by atoms with van der Waals surface area (Å²) in [4.78, 5) is 24.1. The molecule has 17 heavy (non-hydrogen) atoms. The van der Waals surface area contributed by atoms with Crippen LogP contribution < -0.4 is 11.2 Å². The molecule has 0 aliphatic heterocycles. The molecule has 0 radical (unpaired) electrons. The Kier molecular flexibility index (Phi) is 2.85. The predicted molar refractivity (Wildman–Crippen MR) is 65.3 cm³/mol. The summed E-state index contributed by atoms with van der Waals surface area (Å²) >= 11 is 0. The lowest BCUT2D eigenvalue weighted by Crippen LogP contribution is -2.40. The maximum atomic E-state index is 12.2. The molecule has 0 aliphatic rings. The van der Waals surface area contributed by atoms with E-state index in [0.29, 0.717) is 10.9 Å². The van der Waals surface area contributed by atoms with Gasteiger partial charge in [0.05, 0.1) is 24.1 Å². The first kappa shape index (κ1) is 11.6. The molecule has 0 saturated heterocycles. The van der Waals surface area contributed by atoms with E-state index in [-0.39, 0.29) is 18.7 Å². The quantitative estimate of drug-likeness (QED) is 0.795. The Hall–Kier alpha value is -1.88. The van der Waals surface area contributed by atoms with Gasteiger partial charge in [-0.1, -0.05) is 12.1 Å². The van der Waals surface area contributed by atoms with Crippen molar-refractivity contribution in [2.24, 2.45) is 7.05 Å². The van der Waals surface area contributed by atoms with E-state index < -0.39 is 5.69 Å². The molecule has 0 fully saturated rings. The lowest BCUT2D eigenvalue weighted by atomic mass is 10.1. The Labute approximate surface area is 97.5 Å². The van der Waals surface area contributed by atoms with Crippen LogP contribution in [0.2, 0.25) is 0 Å². The van der Waals surface area contributed by atoms with E-state index in [1.807, 2.05) is 19.1 Å². The number of aliphatic hydroxyl groups excluding tert-OH is 1. The third kappa shape index (κ3) is 1.68. The Balaban J connectivity index is 3.02. The van der Waals surface area contributed by atoms with Gasteiger partial charge in [-0.2, -0.15) is 0 Å². The summed E-state index contributed by atoms with van der Waals surface area (Å²) in [5.41, 5.74) is 0.710. The van der Waals surface area contributed by atoms with E-state index >= 15 is 0 Å². The van der Waals surface area contributed by atoms with Crippen molar-refractivity contribution in [3.63, 3.8) is 0 Å². The van der Waals surface area contributed by atoms with Gasteiger partial charge in [-0.25, -0.2) is 4.79 Å². The van der Waals surface area contributed by atoms with Crippen molar-refractivity contribution in [1.29, 1.82) is 0 Å². The van der Waals surface area contributed by atoms with Crippen molar-refractivity contribution in [2.75, 3.05) is 6.61 Å². The minimum Gasteiger partial charge on any atom is -0.395 e. The van der Waals surface area contributed by atoms with Gasteiger partial charge in [0.15, 0.2) is 0 Å². The molecule has 0 amide bonds.